The second-order valence-corrected chi connectivity index (χ2v) is 8.44. The molecule has 31 heavy (non-hydrogen) atoms. The fraction of sp³-hybridized carbons (Fsp3) is 0.0909. The maximum atomic E-state index is 12.8. The van der Waals surface area contributed by atoms with E-state index in [4.69, 9.17) is 11.6 Å². The highest BCUT2D eigenvalue weighted by molar-refractivity contribution is 7.20. The highest BCUT2D eigenvalue weighted by Crippen LogP contribution is 2.30. The van der Waals surface area contributed by atoms with E-state index in [1.54, 1.807) is 6.07 Å². The van der Waals surface area contributed by atoms with Gasteiger partial charge in [0, 0.05) is 10.9 Å². The summed E-state index contributed by atoms with van der Waals surface area (Å²) >= 11 is 7.61. The molecule has 5 rings (SSSR count). The molecule has 0 saturated heterocycles. The van der Waals surface area contributed by atoms with E-state index in [9.17, 15) is 4.79 Å². The molecule has 7 nitrogen and oxygen atoms in total. The van der Waals surface area contributed by atoms with Gasteiger partial charge >= 0.3 is 0 Å². The van der Waals surface area contributed by atoms with Crippen LogP contribution in [0.4, 0.5) is 5.95 Å². The van der Waals surface area contributed by atoms with Crippen LogP contribution < -0.4 is 5.32 Å². The molecule has 3 aromatic heterocycles. The minimum absolute atomic E-state index is 0.194. The molecule has 2 N–H and O–H groups in total. The van der Waals surface area contributed by atoms with Gasteiger partial charge in [0.05, 0.1) is 22.1 Å². The number of amides is 1. The van der Waals surface area contributed by atoms with Gasteiger partial charge in [0.25, 0.3) is 5.91 Å². The Hall–Kier alpha value is -3.49. The Morgan fingerprint density at radius 1 is 1.16 bits per heavy atom. The Bertz CT molecular complexity index is 1390. The van der Waals surface area contributed by atoms with Crippen LogP contribution in [-0.2, 0) is 6.54 Å². The zero-order valence-corrected chi connectivity index (χ0v) is 18.0. The lowest BCUT2D eigenvalue weighted by molar-refractivity contribution is 0.103. The number of H-pyrrole nitrogens is 1. The van der Waals surface area contributed by atoms with Gasteiger partial charge in [-0.1, -0.05) is 54.1 Å². The zero-order chi connectivity index (χ0) is 21.4. The van der Waals surface area contributed by atoms with E-state index < -0.39 is 0 Å². The number of hydrogen-bond acceptors (Lipinski definition) is 5. The van der Waals surface area contributed by atoms with Crippen molar-refractivity contribution in [3.05, 3.63) is 81.8 Å². The molecule has 3 heterocycles. The van der Waals surface area contributed by atoms with Crippen LogP contribution in [0, 0.1) is 6.92 Å². The number of thiophene rings is 1. The molecule has 1 amide bonds. The number of hydrogen-bond donors (Lipinski definition) is 2. The van der Waals surface area contributed by atoms with Gasteiger partial charge in [-0.05, 0) is 30.7 Å². The van der Waals surface area contributed by atoms with Crippen LogP contribution in [0.2, 0.25) is 5.02 Å². The maximum absolute atomic E-state index is 12.8. The van der Waals surface area contributed by atoms with Crippen molar-refractivity contribution in [3.63, 3.8) is 0 Å². The highest BCUT2D eigenvalue weighted by Gasteiger charge is 2.18. The number of aryl methyl sites for hydroxylation is 1. The van der Waals surface area contributed by atoms with E-state index >= 15 is 0 Å². The van der Waals surface area contributed by atoms with Crippen LogP contribution in [0.1, 0.15) is 20.9 Å². The fourth-order valence-corrected chi connectivity index (χ4v) is 4.62. The maximum Gasteiger partial charge on any atom is 0.268 e. The number of benzene rings is 2. The van der Waals surface area contributed by atoms with Crippen molar-refractivity contribution in [2.45, 2.75) is 13.5 Å². The third kappa shape index (κ3) is 3.83. The summed E-state index contributed by atoms with van der Waals surface area (Å²) in [6.07, 6.45) is 0. The Kier molecular flexibility index (Phi) is 5.01. The van der Waals surface area contributed by atoms with Gasteiger partial charge in [-0.25, -0.2) is 0 Å². The summed E-state index contributed by atoms with van der Waals surface area (Å²) in [6.45, 7) is 2.60. The second-order valence-electron chi connectivity index (χ2n) is 7.00. The van der Waals surface area contributed by atoms with Gasteiger partial charge < -0.3 is 0 Å². The predicted molar refractivity (Wildman–Crippen MR) is 123 cm³/mol. The van der Waals surface area contributed by atoms with Gasteiger partial charge in [0.2, 0.25) is 5.95 Å². The number of rotatable bonds is 5. The minimum atomic E-state index is -0.267. The van der Waals surface area contributed by atoms with Crippen molar-refractivity contribution in [2.75, 3.05) is 5.32 Å². The number of aromatic amines is 1. The molecule has 0 saturated carbocycles. The zero-order valence-electron chi connectivity index (χ0n) is 16.5. The average molecular weight is 449 g/mol. The lowest BCUT2D eigenvalue weighted by Gasteiger charge is -2.02. The van der Waals surface area contributed by atoms with Crippen LogP contribution in [0.3, 0.4) is 0 Å². The van der Waals surface area contributed by atoms with E-state index in [2.05, 4.69) is 37.7 Å². The van der Waals surface area contributed by atoms with Gasteiger partial charge in [0.1, 0.15) is 4.83 Å². The summed E-state index contributed by atoms with van der Waals surface area (Å²) < 4.78 is 1.93. The topological polar surface area (TPSA) is 88.5 Å². The lowest BCUT2D eigenvalue weighted by atomic mass is 10.2. The molecule has 0 aliphatic heterocycles. The summed E-state index contributed by atoms with van der Waals surface area (Å²) in [5.74, 6) is 0.420. The molecular weight excluding hydrogens is 432 g/mol. The van der Waals surface area contributed by atoms with Crippen LogP contribution in [0.5, 0.6) is 0 Å². The molecule has 0 unspecified atom stereocenters. The summed E-state index contributed by atoms with van der Waals surface area (Å²) in [6, 6.07) is 19.3. The van der Waals surface area contributed by atoms with Crippen molar-refractivity contribution in [1.29, 1.82) is 0 Å². The molecule has 0 fully saturated rings. The summed E-state index contributed by atoms with van der Waals surface area (Å²) in [5.41, 5.74) is 2.76. The summed E-state index contributed by atoms with van der Waals surface area (Å²) in [4.78, 5) is 18.7. The minimum Gasteiger partial charge on any atom is -0.288 e. The fourth-order valence-electron chi connectivity index (χ4n) is 3.34. The quantitative estimate of drug-likeness (QED) is 0.389. The van der Waals surface area contributed by atoms with Gasteiger partial charge in [-0.3, -0.25) is 19.9 Å². The third-order valence-electron chi connectivity index (χ3n) is 4.85. The molecule has 0 atom stereocenters. The van der Waals surface area contributed by atoms with Crippen LogP contribution in [0.15, 0.2) is 60.7 Å². The van der Waals surface area contributed by atoms with Crippen molar-refractivity contribution in [2.24, 2.45) is 0 Å². The molecular formula is C22H17ClN6OS. The largest absolute Gasteiger partial charge is 0.288 e. The number of aromatic nitrogens is 5. The standard InChI is InChI=1S/C22H17ClN6OS/c1-13-16-11-18(31-21(16)29(28-13)12-14-7-3-2-4-8-14)20(30)25-22-24-19(26-27-22)15-9-5-6-10-17(15)23/h2-11H,12H2,1H3,(H2,24,25,26,27,30). The van der Waals surface area contributed by atoms with Gasteiger partial charge in [-0.2, -0.15) is 10.1 Å². The SMILES string of the molecule is Cc1nn(Cc2ccccc2)c2sc(C(=O)Nc3n[nH]c(-c4ccccc4Cl)n3)cc12. The van der Waals surface area contributed by atoms with Crippen LogP contribution in [-0.4, -0.2) is 30.9 Å². The number of nitrogens with one attached hydrogen (secondary N) is 2. The van der Waals surface area contributed by atoms with Crippen LogP contribution in [0.25, 0.3) is 21.6 Å². The van der Waals surface area contributed by atoms with Crippen molar-refractivity contribution in [3.8, 4) is 11.4 Å². The van der Waals surface area contributed by atoms with E-state index in [-0.39, 0.29) is 11.9 Å². The van der Waals surface area contributed by atoms with Gasteiger partial charge in [-0.15, -0.1) is 16.4 Å². The van der Waals surface area contributed by atoms with Crippen molar-refractivity contribution in [1.82, 2.24) is 25.0 Å². The van der Waals surface area contributed by atoms with Crippen molar-refractivity contribution < 1.29 is 4.79 Å². The molecule has 9 heteroatoms. The number of nitrogens with zero attached hydrogens (tertiary/aromatic N) is 4. The smallest absolute Gasteiger partial charge is 0.268 e. The monoisotopic (exact) mass is 448 g/mol. The molecule has 0 spiro atoms. The normalized spacial score (nSPS) is 11.2. The predicted octanol–water partition coefficient (Wildman–Crippen LogP) is 5.15. The average Bonchev–Trinajstić information content (AvgIpc) is 3.47. The first-order valence-corrected chi connectivity index (χ1v) is 10.8. The van der Waals surface area contributed by atoms with Gasteiger partial charge in [0.15, 0.2) is 5.82 Å². The highest BCUT2D eigenvalue weighted by atomic mass is 35.5. The van der Waals surface area contributed by atoms with Crippen molar-refractivity contribution >= 4 is 45.0 Å². The van der Waals surface area contributed by atoms with Crippen LogP contribution >= 0.6 is 22.9 Å². The molecule has 0 bridgehead atoms. The molecule has 0 aliphatic rings. The summed E-state index contributed by atoms with van der Waals surface area (Å²) in [7, 11) is 0. The Balaban J connectivity index is 1.38. The number of carbonyl (C=O) groups excluding carboxylic acids is 1. The third-order valence-corrected chi connectivity index (χ3v) is 6.32. The molecule has 0 aliphatic carbocycles. The lowest BCUT2D eigenvalue weighted by Crippen LogP contribution is -2.11. The number of anilines is 1. The first kappa shape index (κ1) is 19.5. The molecule has 2 aromatic carbocycles. The molecule has 0 radical (unpaired) electrons. The molecule has 5 aromatic rings. The second kappa shape index (κ2) is 7.98. The Labute approximate surface area is 186 Å². The first-order valence-electron chi connectivity index (χ1n) is 9.58. The first-order chi connectivity index (χ1) is 15.1. The Morgan fingerprint density at radius 3 is 2.74 bits per heavy atom. The number of carbonyl (C=O) groups is 1. The summed E-state index contributed by atoms with van der Waals surface area (Å²) in [5, 5.41) is 15.8. The van der Waals surface area contributed by atoms with E-state index in [0.717, 1.165) is 27.0 Å². The van der Waals surface area contributed by atoms with E-state index in [1.165, 1.54) is 11.3 Å². The number of fused-ring (bicyclic) bond motifs is 1. The molecule has 154 valence electrons. The Morgan fingerprint density at radius 2 is 1.94 bits per heavy atom. The van der Waals surface area contributed by atoms with E-state index in [0.29, 0.717) is 22.3 Å². The number of halogens is 1. The van der Waals surface area contributed by atoms with E-state index in [1.807, 2.05) is 54.1 Å².